The van der Waals surface area contributed by atoms with Gasteiger partial charge in [0, 0.05) is 30.5 Å². The van der Waals surface area contributed by atoms with Crippen LogP contribution in [0.3, 0.4) is 0 Å². The Balaban J connectivity index is 1.75. The summed E-state index contributed by atoms with van der Waals surface area (Å²) in [4.78, 5) is 16.1. The molecule has 0 aliphatic carbocycles. The van der Waals surface area contributed by atoms with E-state index < -0.39 is 6.10 Å². The summed E-state index contributed by atoms with van der Waals surface area (Å²) in [5.74, 6) is 0.549. The van der Waals surface area contributed by atoms with Crippen molar-refractivity contribution in [2.24, 2.45) is 0 Å². The molecule has 0 saturated carbocycles. The van der Waals surface area contributed by atoms with Crippen molar-refractivity contribution in [2.75, 3.05) is 6.54 Å². The van der Waals surface area contributed by atoms with Crippen molar-refractivity contribution in [3.8, 4) is 5.75 Å². The summed E-state index contributed by atoms with van der Waals surface area (Å²) in [6.45, 7) is 3.36. The van der Waals surface area contributed by atoms with Gasteiger partial charge in [0.15, 0.2) is 6.10 Å². The molecule has 2 aromatic rings. The van der Waals surface area contributed by atoms with Gasteiger partial charge in [-0.1, -0.05) is 18.5 Å². The zero-order valence-corrected chi connectivity index (χ0v) is 13.3. The van der Waals surface area contributed by atoms with Crippen LogP contribution in [0.2, 0.25) is 5.02 Å². The Morgan fingerprint density at radius 3 is 2.82 bits per heavy atom. The first-order valence-corrected chi connectivity index (χ1v) is 7.72. The zero-order valence-electron chi connectivity index (χ0n) is 12.5. The van der Waals surface area contributed by atoms with Crippen molar-refractivity contribution in [3.05, 3.63) is 48.0 Å². The highest BCUT2D eigenvalue weighted by atomic mass is 35.5. The number of benzene rings is 1. The Morgan fingerprint density at radius 2 is 2.18 bits per heavy atom. The second kappa shape index (κ2) is 8.44. The van der Waals surface area contributed by atoms with E-state index in [-0.39, 0.29) is 5.91 Å². The van der Waals surface area contributed by atoms with Gasteiger partial charge in [0.1, 0.15) is 5.75 Å². The number of imidazole rings is 1. The Labute approximate surface area is 135 Å². The van der Waals surface area contributed by atoms with Crippen LogP contribution in [0, 0.1) is 0 Å². The summed E-state index contributed by atoms with van der Waals surface area (Å²) in [5.41, 5.74) is 0. The van der Waals surface area contributed by atoms with E-state index in [2.05, 4.69) is 10.3 Å². The molecule has 0 bridgehead atoms. The average molecular weight is 322 g/mol. The van der Waals surface area contributed by atoms with E-state index in [1.54, 1.807) is 36.8 Å². The fourth-order valence-electron chi connectivity index (χ4n) is 2.01. The van der Waals surface area contributed by atoms with Gasteiger partial charge in [0.25, 0.3) is 5.91 Å². The standard InChI is InChI=1S/C16H20ClN3O2/c1-2-15(22-14-6-4-13(17)5-7-14)16(21)19-8-3-10-20-11-9-18-12-20/h4-7,9,11-12,15H,2-3,8,10H2,1H3,(H,19,21). The van der Waals surface area contributed by atoms with Gasteiger partial charge in [0.05, 0.1) is 6.33 Å². The van der Waals surface area contributed by atoms with E-state index in [1.165, 1.54) is 0 Å². The van der Waals surface area contributed by atoms with Crippen LogP contribution in [0.25, 0.3) is 0 Å². The fourth-order valence-corrected chi connectivity index (χ4v) is 2.13. The van der Waals surface area contributed by atoms with Crippen molar-refractivity contribution in [1.82, 2.24) is 14.9 Å². The van der Waals surface area contributed by atoms with Crippen molar-refractivity contribution in [2.45, 2.75) is 32.4 Å². The number of hydrogen-bond donors (Lipinski definition) is 1. The molecule has 22 heavy (non-hydrogen) atoms. The van der Waals surface area contributed by atoms with Gasteiger partial charge in [-0.3, -0.25) is 4.79 Å². The first-order valence-electron chi connectivity index (χ1n) is 7.34. The van der Waals surface area contributed by atoms with E-state index in [4.69, 9.17) is 16.3 Å². The highest BCUT2D eigenvalue weighted by Gasteiger charge is 2.17. The molecule has 0 aliphatic rings. The number of carbonyl (C=O) groups excluding carboxylic acids is 1. The summed E-state index contributed by atoms with van der Waals surface area (Å²) in [6, 6.07) is 7.01. The molecule has 1 amide bonds. The van der Waals surface area contributed by atoms with Crippen molar-refractivity contribution in [3.63, 3.8) is 0 Å². The number of ether oxygens (including phenoxy) is 1. The molecule has 1 atom stereocenters. The Hall–Kier alpha value is -2.01. The average Bonchev–Trinajstić information content (AvgIpc) is 3.04. The highest BCUT2D eigenvalue weighted by molar-refractivity contribution is 6.30. The van der Waals surface area contributed by atoms with Gasteiger partial charge in [0.2, 0.25) is 0 Å². The summed E-state index contributed by atoms with van der Waals surface area (Å²) in [7, 11) is 0. The molecule has 1 aromatic carbocycles. The van der Waals surface area contributed by atoms with Crippen LogP contribution in [-0.4, -0.2) is 28.1 Å². The maximum absolute atomic E-state index is 12.1. The zero-order chi connectivity index (χ0) is 15.8. The third-order valence-corrected chi connectivity index (χ3v) is 3.46. The molecule has 6 heteroatoms. The van der Waals surface area contributed by atoms with Crippen LogP contribution in [0.1, 0.15) is 19.8 Å². The molecular formula is C16H20ClN3O2. The van der Waals surface area contributed by atoms with Gasteiger partial charge in [-0.25, -0.2) is 4.98 Å². The third kappa shape index (κ3) is 5.07. The molecular weight excluding hydrogens is 302 g/mol. The molecule has 0 spiro atoms. The SMILES string of the molecule is CCC(Oc1ccc(Cl)cc1)C(=O)NCCCn1ccnc1. The molecule has 1 unspecified atom stereocenters. The number of carbonyl (C=O) groups is 1. The van der Waals surface area contributed by atoms with Gasteiger partial charge in [-0.05, 0) is 37.1 Å². The Bertz CT molecular complexity index is 570. The summed E-state index contributed by atoms with van der Waals surface area (Å²) < 4.78 is 7.68. The number of aromatic nitrogens is 2. The number of aryl methyl sites for hydroxylation is 1. The smallest absolute Gasteiger partial charge is 0.261 e. The first-order chi connectivity index (χ1) is 10.7. The lowest BCUT2D eigenvalue weighted by atomic mass is 10.2. The van der Waals surface area contributed by atoms with Crippen LogP contribution >= 0.6 is 11.6 Å². The fraction of sp³-hybridized carbons (Fsp3) is 0.375. The van der Waals surface area contributed by atoms with Crippen LogP contribution in [-0.2, 0) is 11.3 Å². The van der Waals surface area contributed by atoms with Gasteiger partial charge in [-0.2, -0.15) is 0 Å². The second-order valence-corrected chi connectivity index (χ2v) is 5.35. The highest BCUT2D eigenvalue weighted by Crippen LogP contribution is 2.17. The number of amides is 1. The minimum absolute atomic E-state index is 0.0944. The predicted molar refractivity (Wildman–Crippen MR) is 86.0 cm³/mol. The summed E-state index contributed by atoms with van der Waals surface area (Å²) in [6.07, 6.45) is 6.37. The predicted octanol–water partition coefficient (Wildman–Crippen LogP) is 2.90. The maximum Gasteiger partial charge on any atom is 0.261 e. The largest absolute Gasteiger partial charge is 0.481 e. The minimum Gasteiger partial charge on any atom is -0.481 e. The number of rotatable bonds is 8. The molecule has 2 rings (SSSR count). The first kappa shape index (κ1) is 16.4. The third-order valence-electron chi connectivity index (χ3n) is 3.21. The summed E-state index contributed by atoms with van der Waals surface area (Å²) >= 11 is 5.83. The molecule has 118 valence electrons. The van der Waals surface area contributed by atoms with Gasteiger partial charge < -0.3 is 14.6 Å². The van der Waals surface area contributed by atoms with Gasteiger partial charge >= 0.3 is 0 Å². The van der Waals surface area contributed by atoms with Crippen LogP contribution in [0.5, 0.6) is 5.75 Å². The minimum atomic E-state index is -0.491. The lowest BCUT2D eigenvalue weighted by Crippen LogP contribution is -2.38. The number of halogens is 1. The lowest BCUT2D eigenvalue weighted by molar-refractivity contribution is -0.128. The van der Waals surface area contributed by atoms with Crippen molar-refractivity contribution >= 4 is 17.5 Å². The molecule has 1 N–H and O–H groups in total. The van der Waals surface area contributed by atoms with Crippen LogP contribution < -0.4 is 10.1 Å². The van der Waals surface area contributed by atoms with Gasteiger partial charge in [-0.15, -0.1) is 0 Å². The van der Waals surface area contributed by atoms with E-state index in [1.807, 2.05) is 17.7 Å². The van der Waals surface area contributed by atoms with Crippen LogP contribution in [0.4, 0.5) is 0 Å². The number of nitrogens with one attached hydrogen (secondary N) is 1. The van der Waals surface area contributed by atoms with E-state index in [0.29, 0.717) is 23.7 Å². The van der Waals surface area contributed by atoms with Crippen molar-refractivity contribution < 1.29 is 9.53 Å². The number of nitrogens with zero attached hydrogens (tertiary/aromatic N) is 2. The Kier molecular flexibility index (Phi) is 6.27. The summed E-state index contributed by atoms with van der Waals surface area (Å²) in [5, 5.41) is 3.55. The molecule has 5 nitrogen and oxygen atoms in total. The maximum atomic E-state index is 12.1. The second-order valence-electron chi connectivity index (χ2n) is 4.91. The van der Waals surface area contributed by atoms with E-state index in [0.717, 1.165) is 13.0 Å². The Morgan fingerprint density at radius 1 is 1.41 bits per heavy atom. The normalized spacial score (nSPS) is 11.9. The molecule has 1 heterocycles. The molecule has 0 saturated heterocycles. The molecule has 0 aliphatic heterocycles. The molecule has 0 fully saturated rings. The van der Waals surface area contributed by atoms with Crippen molar-refractivity contribution in [1.29, 1.82) is 0 Å². The molecule has 1 aromatic heterocycles. The van der Waals surface area contributed by atoms with Crippen LogP contribution in [0.15, 0.2) is 43.0 Å². The topological polar surface area (TPSA) is 56.1 Å². The van der Waals surface area contributed by atoms with E-state index >= 15 is 0 Å². The lowest BCUT2D eigenvalue weighted by Gasteiger charge is -2.17. The quantitative estimate of drug-likeness (QED) is 0.761. The van der Waals surface area contributed by atoms with E-state index in [9.17, 15) is 4.79 Å². The molecule has 0 radical (unpaired) electrons. The number of hydrogen-bond acceptors (Lipinski definition) is 3. The monoisotopic (exact) mass is 321 g/mol.